The summed E-state index contributed by atoms with van der Waals surface area (Å²) in [7, 11) is 0. The topological polar surface area (TPSA) is 105 Å². The van der Waals surface area contributed by atoms with Gasteiger partial charge in [-0.3, -0.25) is 0 Å². The molecular weight excluding hydrogens is 340 g/mol. The second-order valence-electron chi connectivity index (χ2n) is 6.10. The van der Waals surface area contributed by atoms with Gasteiger partial charge in [-0.05, 0) is 31.2 Å². The van der Waals surface area contributed by atoms with Crippen LogP contribution >= 0.6 is 11.6 Å². The van der Waals surface area contributed by atoms with Gasteiger partial charge in [-0.1, -0.05) is 11.6 Å². The highest BCUT2D eigenvalue weighted by Crippen LogP contribution is 2.34. The third-order valence-electron chi connectivity index (χ3n) is 4.62. The van der Waals surface area contributed by atoms with Crippen molar-refractivity contribution < 1.29 is 4.79 Å². The number of primary amides is 1. The maximum atomic E-state index is 12.3. The van der Waals surface area contributed by atoms with Crippen LogP contribution in [0.2, 0.25) is 5.02 Å². The van der Waals surface area contributed by atoms with Gasteiger partial charge in [0.15, 0.2) is 0 Å². The summed E-state index contributed by atoms with van der Waals surface area (Å²) in [5, 5.41) is 13.0. The SMILES string of the molecule is C[C@@H]1CCC[N+]1(C(N)=O)c1cc(Nc2ccc(Cl)cc2)nc(C#N)n1. The van der Waals surface area contributed by atoms with E-state index in [0.717, 1.165) is 18.5 Å². The van der Waals surface area contributed by atoms with Crippen molar-refractivity contribution in [1.82, 2.24) is 14.5 Å². The van der Waals surface area contributed by atoms with Crippen molar-refractivity contribution in [3.63, 3.8) is 0 Å². The van der Waals surface area contributed by atoms with Crippen LogP contribution in [0.15, 0.2) is 30.3 Å². The average Bonchev–Trinajstić information content (AvgIpc) is 2.99. The van der Waals surface area contributed by atoms with E-state index >= 15 is 0 Å². The first-order chi connectivity index (χ1) is 12.0. The minimum Gasteiger partial charge on any atom is -0.340 e. The van der Waals surface area contributed by atoms with Crippen LogP contribution in [-0.2, 0) is 0 Å². The van der Waals surface area contributed by atoms with Gasteiger partial charge < -0.3 is 11.1 Å². The molecule has 1 unspecified atom stereocenters. The molecule has 128 valence electrons. The monoisotopic (exact) mass is 357 g/mol. The van der Waals surface area contributed by atoms with Gasteiger partial charge in [0.1, 0.15) is 17.9 Å². The summed E-state index contributed by atoms with van der Waals surface area (Å²) in [6, 6.07) is 10.3. The summed E-state index contributed by atoms with van der Waals surface area (Å²) in [5.74, 6) is 0.869. The first kappa shape index (κ1) is 17.1. The molecule has 3 N–H and O–H groups in total. The van der Waals surface area contributed by atoms with E-state index in [9.17, 15) is 10.1 Å². The number of hydrogen-bond donors (Lipinski definition) is 2. The molecule has 3 rings (SSSR count). The lowest BCUT2D eigenvalue weighted by Crippen LogP contribution is -2.59. The number of carbonyl (C=O) groups excluding carboxylic acids is 1. The number of amides is 2. The van der Waals surface area contributed by atoms with Crippen LogP contribution in [0.3, 0.4) is 0 Å². The van der Waals surface area contributed by atoms with Crippen LogP contribution in [0, 0.1) is 11.3 Å². The van der Waals surface area contributed by atoms with Gasteiger partial charge in [0.25, 0.3) is 0 Å². The highest BCUT2D eigenvalue weighted by molar-refractivity contribution is 6.30. The third kappa shape index (κ3) is 3.14. The molecule has 1 aliphatic heterocycles. The minimum atomic E-state index is -0.468. The summed E-state index contributed by atoms with van der Waals surface area (Å²) in [5.41, 5.74) is 6.48. The van der Waals surface area contributed by atoms with Crippen LogP contribution in [0.5, 0.6) is 0 Å². The van der Waals surface area contributed by atoms with Gasteiger partial charge in [0.2, 0.25) is 11.6 Å². The third-order valence-corrected chi connectivity index (χ3v) is 4.87. The number of nitriles is 1. The van der Waals surface area contributed by atoms with Crippen molar-refractivity contribution in [2.45, 2.75) is 25.8 Å². The Labute approximate surface area is 150 Å². The smallest absolute Gasteiger partial charge is 0.340 e. The van der Waals surface area contributed by atoms with E-state index in [1.165, 1.54) is 0 Å². The van der Waals surface area contributed by atoms with Crippen LogP contribution in [-0.4, -0.2) is 28.6 Å². The molecule has 1 aliphatic rings. The lowest BCUT2D eigenvalue weighted by atomic mass is 10.2. The number of quaternary nitrogens is 1. The lowest BCUT2D eigenvalue weighted by Gasteiger charge is -2.32. The average molecular weight is 358 g/mol. The van der Waals surface area contributed by atoms with Gasteiger partial charge in [0, 0.05) is 23.6 Å². The van der Waals surface area contributed by atoms with Crippen LogP contribution in [0.1, 0.15) is 25.6 Å². The molecule has 2 aromatic rings. The zero-order chi connectivity index (χ0) is 18.0. The molecule has 0 aliphatic carbocycles. The summed E-state index contributed by atoms with van der Waals surface area (Å²) in [6.45, 7) is 2.54. The fourth-order valence-corrected chi connectivity index (χ4v) is 3.42. The van der Waals surface area contributed by atoms with Gasteiger partial charge in [-0.15, -0.1) is 0 Å². The largest absolute Gasteiger partial charge is 0.420 e. The molecular formula is C17H18ClN6O+. The van der Waals surface area contributed by atoms with E-state index in [1.807, 2.05) is 13.0 Å². The number of urea groups is 1. The number of nitrogens with one attached hydrogen (secondary N) is 1. The molecule has 1 fully saturated rings. The molecule has 0 radical (unpaired) electrons. The normalized spacial score (nSPS) is 22.4. The number of likely N-dealkylation sites (tertiary alicyclic amines) is 1. The van der Waals surface area contributed by atoms with Crippen molar-refractivity contribution in [2.24, 2.45) is 5.73 Å². The predicted molar refractivity (Wildman–Crippen MR) is 96.4 cm³/mol. The fourth-order valence-electron chi connectivity index (χ4n) is 3.29. The van der Waals surface area contributed by atoms with Crippen molar-refractivity contribution in [3.8, 4) is 6.07 Å². The Bertz CT molecular complexity index is 847. The van der Waals surface area contributed by atoms with Crippen molar-refractivity contribution in [1.29, 1.82) is 5.26 Å². The molecule has 2 amide bonds. The summed E-state index contributed by atoms with van der Waals surface area (Å²) in [4.78, 5) is 20.7. The number of nitrogens with zero attached hydrogens (tertiary/aromatic N) is 4. The van der Waals surface area contributed by atoms with E-state index in [4.69, 9.17) is 17.3 Å². The number of anilines is 2. The number of benzene rings is 1. The van der Waals surface area contributed by atoms with E-state index in [-0.39, 0.29) is 16.3 Å². The van der Waals surface area contributed by atoms with Gasteiger partial charge in [0.05, 0.1) is 12.6 Å². The maximum Gasteiger partial charge on any atom is 0.420 e. The molecule has 0 bridgehead atoms. The Balaban J connectivity index is 2.04. The van der Waals surface area contributed by atoms with E-state index < -0.39 is 6.03 Å². The standard InChI is InChI=1S/C17H17ClN6O/c1-11-3-2-8-24(11,17(20)25)16-9-14(22-15(10-19)23-16)21-13-6-4-12(18)5-7-13/h4-7,9,11H,2-3,8H2,1H3,(H2-,20,21,22,23,25)/p+1/t11-,24?/m1/s1. The summed E-state index contributed by atoms with van der Waals surface area (Å²) < 4.78 is -0.0630. The molecule has 0 spiro atoms. The fraction of sp³-hybridized carbons (Fsp3) is 0.294. The Morgan fingerprint density at radius 3 is 2.68 bits per heavy atom. The molecule has 1 saturated heterocycles. The molecule has 7 nitrogen and oxygen atoms in total. The Hall–Kier alpha value is -2.69. The molecule has 1 aromatic heterocycles. The number of aromatic nitrogens is 2. The highest BCUT2D eigenvalue weighted by atomic mass is 35.5. The zero-order valence-electron chi connectivity index (χ0n) is 13.7. The lowest BCUT2D eigenvalue weighted by molar-refractivity contribution is 0.204. The molecule has 8 heteroatoms. The maximum absolute atomic E-state index is 12.3. The number of rotatable bonds is 3. The predicted octanol–water partition coefficient (Wildman–Crippen LogP) is 3.31. The molecule has 0 saturated carbocycles. The highest BCUT2D eigenvalue weighted by Gasteiger charge is 2.48. The summed E-state index contributed by atoms with van der Waals surface area (Å²) >= 11 is 5.89. The Morgan fingerprint density at radius 2 is 2.12 bits per heavy atom. The molecule has 2 heterocycles. The first-order valence-electron chi connectivity index (χ1n) is 7.96. The van der Waals surface area contributed by atoms with Crippen LogP contribution in [0.4, 0.5) is 22.1 Å². The van der Waals surface area contributed by atoms with Crippen LogP contribution in [0.25, 0.3) is 0 Å². The van der Waals surface area contributed by atoms with Gasteiger partial charge in [-0.25, -0.2) is 9.78 Å². The second-order valence-corrected chi connectivity index (χ2v) is 6.54. The molecule has 1 aromatic carbocycles. The van der Waals surface area contributed by atoms with Gasteiger partial charge in [-0.2, -0.15) is 14.7 Å². The first-order valence-corrected chi connectivity index (χ1v) is 8.33. The van der Waals surface area contributed by atoms with Crippen LogP contribution < -0.4 is 15.5 Å². The Kier molecular flexibility index (Phi) is 4.57. The van der Waals surface area contributed by atoms with Crippen molar-refractivity contribution in [3.05, 3.63) is 41.2 Å². The number of hydrogen-bond acceptors (Lipinski definition) is 5. The van der Waals surface area contributed by atoms with E-state index in [0.29, 0.717) is 23.2 Å². The van der Waals surface area contributed by atoms with E-state index in [2.05, 4.69) is 15.3 Å². The minimum absolute atomic E-state index is 0.00215. The molecule has 2 atom stereocenters. The van der Waals surface area contributed by atoms with E-state index in [1.54, 1.807) is 30.3 Å². The number of halogens is 1. The quantitative estimate of drug-likeness (QED) is 0.820. The molecule has 25 heavy (non-hydrogen) atoms. The Morgan fingerprint density at radius 1 is 1.40 bits per heavy atom. The summed E-state index contributed by atoms with van der Waals surface area (Å²) in [6.07, 6.45) is 1.74. The zero-order valence-corrected chi connectivity index (χ0v) is 14.5. The van der Waals surface area contributed by atoms with Crippen molar-refractivity contribution in [2.75, 3.05) is 11.9 Å². The second kappa shape index (κ2) is 6.67. The van der Waals surface area contributed by atoms with Gasteiger partial charge >= 0.3 is 6.03 Å². The van der Waals surface area contributed by atoms with Crippen molar-refractivity contribution >= 4 is 35.0 Å². The number of nitrogens with two attached hydrogens (primary N) is 1. The number of carbonyl (C=O) groups is 1.